The fourth-order valence-corrected chi connectivity index (χ4v) is 1.95. The van der Waals surface area contributed by atoms with Crippen LogP contribution in [0.25, 0.3) is 0 Å². The third-order valence-corrected chi connectivity index (χ3v) is 3.06. The van der Waals surface area contributed by atoms with Crippen LogP contribution < -0.4 is 10.1 Å². The van der Waals surface area contributed by atoms with Crippen LogP contribution >= 0.6 is 11.6 Å². The second-order valence-corrected chi connectivity index (χ2v) is 4.44. The van der Waals surface area contributed by atoms with Crippen molar-refractivity contribution in [1.29, 1.82) is 0 Å². The van der Waals surface area contributed by atoms with Crippen molar-refractivity contribution in [3.05, 3.63) is 29.0 Å². The predicted molar refractivity (Wildman–Crippen MR) is 62.5 cm³/mol. The Labute approximate surface area is 99.7 Å². The molecule has 16 heavy (non-hydrogen) atoms. The van der Waals surface area contributed by atoms with Crippen LogP contribution in [0.1, 0.15) is 19.3 Å². The molecule has 1 aromatic rings. The first-order valence-electron chi connectivity index (χ1n) is 5.57. The molecule has 0 amide bonds. The van der Waals surface area contributed by atoms with Gasteiger partial charge in [0.25, 0.3) is 0 Å². The highest BCUT2D eigenvalue weighted by atomic mass is 35.5. The summed E-state index contributed by atoms with van der Waals surface area (Å²) < 4.78 is 18.6. The number of piperidine rings is 1. The highest BCUT2D eigenvalue weighted by Gasteiger charge is 2.13. The summed E-state index contributed by atoms with van der Waals surface area (Å²) in [7, 11) is 0. The third kappa shape index (κ3) is 3.09. The number of rotatable bonds is 3. The van der Waals surface area contributed by atoms with E-state index >= 15 is 0 Å². The van der Waals surface area contributed by atoms with Crippen LogP contribution in [-0.2, 0) is 0 Å². The summed E-state index contributed by atoms with van der Waals surface area (Å²) in [6.07, 6.45) is 3.58. The van der Waals surface area contributed by atoms with Crippen molar-refractivity contribution >= 4 is 11.6 Å². The molecule has 1 atom stereocenters. The maximum Gasteiger partial charge on any atom is 0.145 e. The topological polar surface area (TPSA) is 21.3 Å². The Kier molecular flexibility index (Phi) is 4.02. The molecule has 2 nitrogen and oxygen atoms in total. The molecule has 1 N–H and O–H groups in total. The van der Waals surface area contributed by atoms with E-state index in [1.807, 2.05) is 0 Å². The minimum absolute atomic E-state index is 0.128. The third-order valence-electron chi connectivity index (χ3n) is 2.75. The molecule has 1 unspecified atom stereocenters. The van der Waals surface area contributed by atoms with Crippen LogP contribution in [0.5, 0.6) is 5.75 Å². The molecule has 0 radical (unpaired) electrons. The Bertz CT molecular complexity index is 353. The molecule has 1 aliphatic heterocycles. The molecule has 0 saturated carbocycles. The lowest BCUT2D eigenvalue weighted by atomic mass is 10.1. The van der Waals surface area contributed by atoms with Gasteiger partial charge >= 0.3 is 0 Å². The lowest BCUT2D eigenvalue weighted by molar-refractivity contribution is 0.238. The molecule has 1 aliphatic rings. The fourth-order valence-electron chi connectivity index (χ4n) is 1.83. The second kappa shape index (κ2) is 5.51. The van der Waals surface area contributed by atoms with Crippen molar-refractivity contribution in [2.24, 2.45) is 0 Å². The highest BCUT2D eigenvalue weighted by molar-refractivity contribution is 6.30. The van der Waals surface area contributed by atoms with E-state index in [-0.39, 0.29) is 5.02 Å². The molecule has 1 fully saturated rings. The second-order valence-electron chi connectivity index (χ2n) is 4.03. The Hall–Kier alpha value is -0.800. The Morgan fingerprint density at radius 2 is 2.31 bits per heavy atom. The van der Waals surface area contributed by atoms with Gasteiger partial charge in [0.05, 0.1) is 5.02 Å². The van der Waals surface area contributed by atoms with E-state index < -0.39 is 5.82 Å². The van der Waals surface area contributed by atoms with Crippen molar-refractivity contribution in [3.63, 3.8) is 0 Å². The molecule has 1 saturated heterocycles. The van der Waals surface area contributed by atoms with Crippen LogP contribution in [0.2, 0.25) is 5.02 Å². The summed E-state index contributed by atoms with van der Waals surface area (Å²) in [5, 5.41) is 3.50. The molecule has 1 heterocycles. The zero-order chi connectivity index (χ0) is 11.4. The first-order chi connectivity index (χ1) is 7.75. The monoisotopic (exact) mass is 243 g/mol. The number of ether oxygens (including phenoxy) is 1. The molecule has 0 bridgehead atoms. The predicted octanol–water partition coefficient (Wildman–Crippen LogP) is 3.00. The van der Waals surface area contributed by atoms with E-state index in [0.29, 0.717) is 18.4 Å². The lowest BCUT2D eigenvalue weighted by Gasteiger charge is -2.23. The Morgan fingerprint density at radius 3 is 3.00 bits per heavy atom. The van der Waals surface area contributed by atoms with Gasteiger partial charge in [-0.1, -0.05) is 18.0 Å². The van der Waals surface area contributed by atoms with Crippen molar-refractivity contribution in [1.82, 2.24) is 5.32 Å². The van der Waals surface area contributed by atoms with Crippen LogP contribution in [-0.4, -0.2) is 19.2 Å². The highest BCUT2D eigenvalue weighted by Crippen LogP contribution is 2.20. The van der Waals surface area contributed by atoms with E-state index in [4.69, 9.17) is 16.3 Å². The van der Waals surface area contributed by atoms with Crippen LogP contribution in [0, 0.1) is 5.82 Å². The molecule has 88 valence electrons. The Morgan fingerprint density at radius 1 is 1.44 bits per heavy atom. The first-order valence-corrected chi connectivity index (χ1v) is 5.95. The van der Waals surface area contributed by atoms with Gasteiger partial charge in [0.1, 0.15) is 18.2 Å². The molecule has 1 aromatic carbocycles. The number of hydrogen-bond acceptors (Lipinski definition) is 2. The average molecular weight is 244 g/mol. The van der Waals surface area contributed by atoms with Crippen molar-refractivity contribution < 1.29 is 9.13 Å². The van der Waals surface area contributed by atoms with Crippen molar-refractivity contribution in [2.45, 2.75) is 25.3 Å². The smallest absolute Gasteiger partial charge is 0.145 e. The molecule has 2 rings (SSSR count). The molecule has 0 aromatic heterocycles. The van der Waals surface area contributed by atoms with Gasteiger partial charge in [-0.15, -0.1) is 0 Å². The van der Waals surface area contributed by atoms with Gasteiger partial charge in [0.2, 0.25) is 0 Å². The van der Waals surface area contributed by atoms with Gasteiger partial charge in [-0.2, -0.15) is 0 Å². The first kappa shape index (κ1) is 11.7. The quantitative estimate of drug-likeness (QED) is 0.881. The fraction of sp³-hybridized carbons (Fsp3) is 0.500. The number of halogens is 2. The van der Waals surface area contributed by atoms with E-state index in [1.165, 1.54) is 25.0 Å². The minimum atomic E-state index is -0.434. The summed E-state index contributed by atoms with van der Waals surface area (Å²) >= 11 is 5.59. The van der Waals surface area contributed by atoms with Gasteiger partial charge in [0.15, 0.2) is 0 Å². The summed E-state index contributed by atoms with van der Waals surface area (Å²) in [5.74, 6) is 0.102. The van der Waals surface area contributed by atoms with Crippen LogP contribution in [0.4, 0.5) is 4.39 Å². The maximum absolute atomic E-state index is 13.1. The van der Waals surface area contributed by atoms with Gasteiger partial charge < -0.3 is 10.1 Å². The normalized spacial score (nSPS) is 20.8. The largest absolute Gasteiger partial charge is 0.492 e. The summed E-state index contributed by atoms with van der Waals surface area (Å²) in [5.41, 5.74) is 0. The van der Waals surface area contributed by atoms with Crippen LogP contribution in [0.15, 0.2) is 18.2 Å². The van der Waals surface area contributed by atoms with Gasteiger partial charge in [-0.05, 0) is 31.5 Å². The molecular formula is C12H15ClFNO. The van der Waals surface area contributed by atoms with E-state index in [9.17, 15) is 4.39 Å². The number of benzene rings is 1. The van der Waals surface area contributed by atoms with Gasteiger partial charge in [-0.3, -0.25) is 0 Å². The van der Waals surface area contributed by atoms with Crippen molar-refractivity contribution in [2.75, 3.05) is 13.2 Å². The SMILES string of the molecule is Fc1cc(OCC2CCCCN2)ccc1Cl. The molecule has 0 spiro atoms. The van der Waals surface area contributed by atoms with E-state index in [2.05, 4.69) is 5.32 Å². The van der Waals surface area contributed by atoms with Gasteiger partial charge in [0, 0.05) is 12.1 Å². The number of hydrogen-bond donors (Lipinski definition) is 1. The van der Waals surface area contributed by atoms with E-state index in [1.54, 1.807) is 6.07 Å². The minimum Gasteiger partial charge on any atom is -0.492 e. The molecule has 0 aliphatic carbocycles. The Balaban J connectivity index is 1.86. The average Bonchev–Trinajstić information content (AvgIpc) is 2.32. The summed E-state index contributed by atoms with van der Waals surface area (Å²) in [6, 6.07) is 4.91. The number of nitrogens with one attached hydrogen (secondary N) is 1. The zero-order valence-electron chi connectivity index (χ0n) is 9.01. The molecular weight excluding hydrogens is 229 g/mol. The van der Waals surface area contributed by atoms with Crippen molar-refractivity contribution in [3.8, 4) is 5.75 Å². The standard InChI is InChI=1S/C12H15ClFNO/c13-11-5-4-10(7-12(11)14)16-8-9-3-1-2-6-15-9/h4-5,7,9,15H,1-3,6,8H2. The van der Waals surface area contributed by atoms with Crippen LogP contribution in [0.3, 0.4) is 0 Å². The summed E-state index contributed by atoms with van der Waals surface area (Å²) in [4.78, 5) is 0. The lowest BCUT2D eigenvalue weighted by Crippen LogP contribution is -2.38. The van der Waals surface area contributed by atoms with E-state index in [0.717, 1.165) is 13.0 Å². The molecule has 4 heteroatoms. The summed E-state index contributed by atoms with van der Waals surface area (Å²) in [6.45, 7) is 1.63. The maximum atomic E-state index is 13.1. The van der Waals surface area contributed by atoms with Gasteiger partial charge in [-0.25, -0.2) is 4.39 Å². The zero-order valence-corrected chi connectivity index (χ0v) is 9.77.